The maximum Gasteiger partial charge on any atom is 0.325 e. The molecule has 1 atom stereocenters. The van der Waals surface area contributed by atoms with E-state index in [0.29, 0.717) is 17.0 Å². The number of hydrogen-bond acceptors (Lipinski definition) is 4. The van der Waals surface area contributed by atoms with E-state index in [1.165, 1.54) is 7.11 Å². The van der Waals surface area contributed by atoms with Crippen LogP contribution in [0.5, 0.6) is 5.75 Å². The van der Waals surface area contributed by atoms with Crippen LogP contribution >= 0.6 is 0 Å². The molecule has 3 aromatic rings. The van der Waals surface area contributed by atoms with Crippen LogP contribution < -0.4 is 15.4 Å². The summed E-state index contributed by atoms with van der Waals surface area (Å²) in [4.78, 5) is 40.3. The van der Waals surface area contributed by atoms with Crippen molar-refractivity contribution < 1.29 is 19.1 Å². The number of anilines is 1. The predicted octanol–water partition coefficient (Wildman–Crippen LogP) is 3.63. The Morgan fingerprint density at radius 2 is 1.67 bits per heavy atom. The molecule has 4 rings (SSSR count). The summed E-state index contributed by atoms with van der Waals surface area (Å²) < 4.78 is 5.30. The Morgan fingerprint density at radius 1 is 1.00 bits per heavy atom. The highest BCUT2D eigenvalue weighted by Gasteiger charge is 2.52. The van der Waals surface area contributed by atoms with E-state index in [4.69, 9.17) is 4.74 Å². The molecule has 0 bridgehead atoms. The average molecular weight is 444 g/mol. The number of nitrogens with one attached hydrogen (secondary N) is 2. The maximum atomic E-state index is 13.6. The molecular formula is C26H25N3O4. The molecule has 0 aromatic heterocycles. The van der Waals surface area contributed by atoms with Crippen molar-refractivity contribution in [3.8, 4) is 5.75 Å². The van der Waals surface area contributed by atoms with Gasteiger partial charge in [-0.1, -0.05) is 66.7 Å². The van der Waals surface area contributed by atoms with Gasteiger partial charge in [0.05, 0.1) is 12.8 Å². The second-order valence-electron chi connectivity index (χ2n) is 8.01. The molecule has 0 aliphatic carbocycles. The Kier molecular flexibility index (Phi) is 6.13. The third-order valence-corrected chi connectivity index (χ3v) is 5.69. The van der Waals surface area contributed by atoms with Crippen molar-refractivity contribution in [1.82, 2.24) is 10.2 Å². The van der Waals surface area contributed by atoms with E-state index in [-0.39, 0.29) is 6.42 Å². The van der Waals surface area contributed by atoms with Gasteiger partial charge in [-0.3, -0.25) is 14.5 Å². The second kappa shape index (κ2) is 9.16. The quantitative estimate of drug-likeness (QED) is 0.546. The Hall–Kier alpha value is -4.13. The van der Waals surface area contributed by atoms with E-state index in [1.807, 2.05) is 73.7 Å². The lowest BCUT2D eigenvalue weighted by Gasteiger charge is -2.27. The van der Waals surface area contributed by atoms with Crippen LogP contribution in [0.25, 0.3) is 0 Å². The van der Waals surface area contributed by atoms with Crippen LogP contribution in [0.15, 0.2) is 78.9 Å². The van der Waals surface area contributed by atoms with E-state index in [0.717, 1.165) is 16.0 Å². The standard InChI is InChI=1S/C26H25N3O4/c1-18-13-14-22(33-2)21(15-18)27-23(30)17-29-24(31)26(28-25(29)32,20-11-7-4-8-12-20)16-19-9-5-3-6-10-19/h3-15H,16-17H2,1-2H3,(H,27,30)(H,28,32). The number of rotatable bonds is 7. The van der Waals surface area contributed by atoms with Gasteiger partial charge in [0.15, 0.2) is 5.54 Å². The predicted molar refractivity (Wildman–Crippen MR) is 125 cm³/mol. The third-order valence-electron chi connectivity index (χ3n) is 5.69. The highest BCUT2D eigenvalue weighted by molar-refractivity contribution is 6.10. The number of ether oxygens (including phenoxy) is 1. The van der Waals surface area contributed by atoms with Crippen molar-refractivity contribution >= 4 is 23.5 Å². The van der Waals surface area contributed by atoms with E-state index in [2.05, 4.69) is 10.6 Å². The van der Waals surface area contributed by atoms with Gasteiger partial charge in [0.1, 0.15) is 12.3 Å². The van der Waals surface area contributed by atoms with E-state index in [9.17, 15) is 14.4 Å². The normalized spacial score (nSPS) is 17.6. The first kappa shape index (κ1) is 22.1. The van der Waals surface area contributed by atoms with Gasteiger partial charge in [0.2, 0.25) is 5.91 Å². The molecule has 7 nitrogen and oxygen atoms in total. The van der Waals surface area contributed by atoms with E-state index >= 15 is 0 Å². The summed E-state index contributed by atoms with van der Waals surface area (Å²) in [5.74, 6) is -0.464. The van der Waals surface area contributed by atoms with Crippen molar-refractivity contribution in [3.05, 3.63) is 95.6 Å². The first-order valence-electron chi connectivity index (χ1n) is 10.6. The number of nitrogens with zero attached hydrogens (tertiary/aromatic N) is 1. The summed E-state index contributed by atoms with van der Waals surface area (Å²) in [5, 5.41) is 5.61. The van der Waals surface area contributed by atoms with Crippen LogP contribution in [0.2, 0.25) is 0 Å². The number of carbonyl (C=O) groups excluding carboxylic acids is 3. The van der Waals surface area contributed by atoms with Gasteiger partial charge in [0.25, 0.3) is 5.91 Å². The summed E-state index contributed by atoms with van der Waals surface area (Å²) in [6, 6.07) is 23.4. The van der Waals surface area contributed by atoms with Crippen molar-refractivity contribution in [1.29, 1.82) is 0 Å². The number of hydrogen-bond donors (Lipinski definition) is 2. The van der Waals surface area contributed by atoms with Crippen LogP contribution in [-0.4, -0.2) is 36.4 Å². The van der Waals surface area contributed by atoms with Crippen LogP contribution in [0, 0.1) is 6.92 Å². The molecule has 1 aliphatic heterocycles. The first-order valence-corrected chi connectivity index (χ1v) is 10.6. The summed E-state index contributed by atoms with van der Waals surface area (Å²) in [6.45, 7) is 1.48. The zero-order valence-corrected chi connectivity index (χ0v) is 18.5. The molecule has 0 saturated carbocycles. The summed E-state index contributed by atoms with van der Waals surface area (Å²) >= 11 is 0. The van der Waals surface area contributed by atoms with E-state index < -0.39 is 29.9 Å². The van der Waals surface area contributed by atoms with Crippen LogP contribution in [0.4, 0.5) is 10.5 Å². The SMILES string of the molecule is COc1ccc(C)cc1NC(=O)CN1C(=O)NC(Cc2ccccc2)(c2ccccc2)C1=O. The topological polar surface area (TPSA) is 87.7 Å². The number of urea groups is 1. The zero-order chi connectivity index (χ0) is 23.4. The summed E-state index contributed by atoms with van der Waals surface area (Å²) in [6.07, 6.45) is 0.270. The summed E-state index contributed by atoms with van der Waals surface area (Å²) in [5.41, 5.74) is 1.68. The van der Waals surface area contributed by atoms with Gasteiger partial charge >= 0.3 is 6.03 Å². The fourth-order valence-corrected chi connectivity index (χ4v) is 4.06. The number of carbonyl (C=O) groups is 3. The molecule has 1 aliphatic rings. The lowest BCUT2D eigenvalue weighted by atomic mass is 9.83. The number of amides is 4. The fraction of sp³-hybridized carbons (Fsp3) is 0.192. The highest BCUT2D eigenvalue weighted by atomic mass is 16.5. The van der Waals surface area contributed by atoms with Crippen molar-refractivity contribution in [2.24, 2.45) is 0 Å². The molecule has 3 aromatic carbocycles. The molecule has 4 amide bonds. The van der Waals surface area contributed by atoms with Gasteiger partial charge in [0, 0.05) is 6.42 Å². The molecule has 1 unspecified atom stereocenters. The molecule has 1 fully saturated rings. The van der Waals surface area contributed by atoms with Gasteiger partial charge in [-0.05, 0) is 35.7 Å². The molecule has 0 spiro atoms. The summed E-state index contributed by atoms with van der Waals surface area (Å²) in [7, 11) is 1.51. The average Bonchev–Trinajstić information content (AvgIpc) is 3.05. The Bertz CT molecular complexity index is 1180. The van der Waals surface area contributed by atoms with Crippen LogP contribution in [-0.2, 0) is 21.5 Å². The number of imide groups is 1. The third kappa shape index (κ3) is 4.43. The van der Waals surface area contributed by atoms with Gasteiger partial charge in [-0.25, -0.2) is 4.79 Å². The monoisotopic (exact) mass is 443 g/mol. The lowest BCUT2D eigenvalue weighted by molar-refractivity contribution is -0.134. The molecule has 1 heterocycles. The molecule has 2 N–H and O–H groups in total. The van der Waals surface area contributed by atoms with Crippen molar-refractivity contribution in [2.45, 2.75) is 18.9 Å². The van der Waals surface area contributed by atoms with Crippen molar-refractivity contribution in [3.63, 3.8) is 0 Å². The minimum Gasteiger partial charge on any atom is -0.495 e. The molecule has 1 saturated heterocycles. The van der Waals surface area contributed by atoms with Gasteiger partial charge in [-0.2, -0.15) is 0 Å². The van der Waals surface area contributed by atoms with Crippen LogP contribution in [0.3, 0.4) is 0 Å². The minimum absolute atomic E-state index is 0.270. The largest absolute Gasteiger partial charge is 0.495 e. The van der Waals surface area contributed by atoms with Crippen molar-refractivity contribution in [2.75, 3.05) is 19.0 Å². The van der Waals surface area contributed by atoms with Gasteiger partial charge in [-0.15, -0.1) is 0 Å². The molecular weight excluding hydrogens is 418 g/mol. The second-order valence-corrected chi connectivity index (χ2v) is 8.01. The maximum absolute atomic E-state index is 13.6. The first-order chi connectivity index (χ1) is 15.9. The fourth-order valence-electron chi connectivity index (χ4n) is 4.06. The Balaban J connectivity index is 1.60. The molecule has 168 valence electrons. The minimum atomic E-state index is -1.29. The van der Waals surface area contributed by atoms with E-state index in [1.54, 1.807) is 12.1 Å². The molecule has 0 radical (unpaired) electrons. The number of methoxy groups -OCH3 is 1. The van der Waals surface area contributed by atoms with Crippen LogP contribution in [0.1, 0.15) is 16.7 Å². The Labute approximate surface area is 192 Å². The number of aryl methyl sites for hydroxylation is 1. The Morgan fingerprint density at radius 3 is 2.33 bits per heavy atom. The lowest BCUT2D eigenvalue weighted by Crippen LogP contribution is -2.46. The molecule has 33 heavy (non-hydrogen) atoms. The van der Waals surface area contributed by atoms with Gasteiger partial charge < -0.3 is 15.4 Å². The smallest absolute Gasteiger partial charge is 0.325 e. The zero-order valence-electron chi connectivity index (χ0n) is 18.5. The molecule has 7 heteroatoms. The number of benzene rings is 3. The highest BCUT2D eigenvalue weighted by Crippen LogP contribution is 2.33.